The van der Waals surface area contributed by atoms with E-state index in [9.17, 15) is 0 Å². The van der Waals surface area contributed by atoms with Gasteiger partial charge in [-0.15, -0.1) is 22.2 Å². The third-order valence-electron chi connectivity index (χ3n) is 3.08. The van der Waals surface area contributed by atoms with Crippen LogP contribution in [0.3, 0.4) is 0 Å². The van der Waals surface area contributed by atoms with Gasteiger partial charge in [-0.25, -0.2) is 0 Å². The van der Waals surface area contributed by atoms with E-state index in [1.165, 1.54) is 12.8 Å². The van der Waals surface area contributed by atoms with Crippen molar-refractivity contribution in [3.63, 3.8) is 0 Å². The summed E-state index contributed by atoms with van der Waals surface area (Å²) in [5.74, 6) is 0. The number of halogens is 2. The Balaban J connectivity index is 2.80. The Kier molecular flexibility index (Phi) is 7.31. The van der Waals surface area contributed by atoms with Crippen LogP contribution in [0.15, 0.2) is 30.3 Å². The lowest BCUT2D eigenvalue weighted by Crippen LogP contribution is -2.54. The molecule has 0 aliphatic rings. The molecular formula is C14H23Cl2NSi. The second kappa shape index (κ2) is 8.21. The molecule has 0 bridgehead atoms. The zero-order valence-electron chi connectivity index (χ0n) is 11.3. The van der Waals surface area contributed by atoms with Crippen LogP contribution in [0.4, 0.5) is 0 Å². The fraction of sp³-hybridized carbons (Fsp3) is 0.571. The largest absolute Gasteiger partial charge is 0.356 e. The van der Waals surface area contributed by atoms with Gasteiger partial charge in [-0.05, 0) is 31.1 Å². The van der Waals surface area contributed by atoms with Gasteiger partial charge in [0.25, 0.3) is 0 Å². The molecule has 0 radical (unpaired) electrons. The third kappa shape index (κ3) is 4.58. The van der Waals surface area contributed by atoms with E-state index >= 15 is 0 Å². The number of hydrogen-bond acceptors (Lipinski definition) is 1. The van der Waals surface area contributed by atoms with Crippen LogP contribution in [0.25, 0.3) is 0 Å². The first-order chi connectivity index (χ1) is 8.62. The molecule has 0 aliphatic carbocycles. The monoisotopic (exact) mass is 303 g/mol. The summed E-state index contributed by atoms with van der Waals surface area (Å²) in [5.41, 5.74) is 0. The fourth-order valence-corrected chi connectivity index (χ4v) is 5.52. The minimum Gasteiger partial charge on any atom is -0.296 e. The molecule has 0 spiro atoms. The standard InChI is InChI=1S/C14H23Cl2NSi/c1-3-5-12-17(13-6-4-2)18(15,16)14-10-8-7-9-11-14/h7-11H,3-6,12-13H2,1-2H3. The quantitative estimate of drug-likeness (QED) is 0.513. The van der Waals surface area contributed by atoms with Gasteiger partial charge >= 0.3 is 6.86 Å². The van der Waals surface area contributed by atoms with Gasteiger partial charge in [-0.1, -0.05) is 57.0 Å². The molecule has 0 saturated heterocycles. The molecule has 0 atom stereocenters. The molecule has 1 nitrogen and oxygen atoms in total. The molecule has 0 unspecified atom stereocenters. The molecule has 18 heavy (non-hydrogen) atoms. The number of unbranched alkanes of at least 4 members (excludes halogenated alkanes) is 2. The van der Waals surface area contributed by atoms with Gasteiger partial charge in [0.05, 0.1) is 0 Å². The van der Waals surface area contributed by atoms with Crippen LogP contribution in [0.1, 0.15) is 39.5 Å². The maximum atomic E-state index is 6.73. The van der Waals surface area contributed by atoms with Crippen molar-refractivity contribution in [1.82, 2.24) is 4.57 Å². The van der Waals surface area contributed by atoms with Crippen LogP contribution in [0, 0.1) is 0 Å². The van der Waals surface area contributed by atoms with Crippen LogP contribution in [-0.2, 0) is 0 Å². The molecule has 0 N–H and O–H groups in total. The number of hydrogen-bond donors (Lipinski definition) is 0. The number of nitrogens with zero attached hydrogens (tertiary/aromatic N) is 1. The molecule has 1 rings (SSSR count). The summed E-state index contributed by atoms with van der Waals surface area (Å²) in [6.07, 6.45) is 4.67. The predicted molar refractivity (Wildman–Crippen MR) is 84.9 cm³/mol. The zero-order chi connectivity index (χ0) is 13.4. The highest BCUT2D eigenvalue weighted by Gasteiger charge is 2.37. The Hall–Kier alpha value is -0.0231. The highest BCUT2D eigenvalue weighted by molar-refractivity contribution is 7.49. The molecule has 0 heterocycles. The van der Waals surface area contributed by atoms with E-state index in [1.807, 2.05) is 18.2 Å². The summed E-state index contributed by atoms with van der Waals surface area (Å²) >= 11 is 13.5. The van der Waals surface area contributed by atoms with Gasteiger partial charge in [0, 0.05) is 0 Å². The lowest BCUT2D eigenvalue weighted by molar-refractivity contribution is 0.417. The Bertz CT molecular complexity index is 322. The summed E-state index contributed by atoms with van der Waals surface area (Å²) in [7, 11) is 0. The first-order valence-corrected chi connectivity index (χ1v) is 10.8. The van der Waals surface area contributed by atoms with Crippen molar-refractivity contribution in [2.24, 2.45) is 0 Å². The lowest BCUT2D eigenvalue weighted by Gasteiger charge is -2.32. The summed E-state index contributed by atoms with van der Waals surface area (Å²) < 4.78 is 2.32. The van der Waals surface area contributed by atoms with Crippen molar-refractivity contribution in [1.29, 1.82) is 0 Å². The maximum Gasteiger partial charge on any atom is 0.356 e. The van der Waals surface area contributed by atoms with E-state index < -0.39 is 6.86 Å². The van der Waals surface area contributed by atoms with Crippen molar-refractivity contribution in [3.05, 3.63) is 30.3 Å². The molecule has 1 aromatic rings. The normalized spacial score (nSPS) is 12.1. The maximum absolute atomic E-state index is 6.73. The van der Waals surface area contributed by atoms with Crippen molar-refractivity contribution in [2.45, 2.75) is 39.5 Å². The smallest absolute Gasteiger partial charge is 0.296 e. The molecule has 1 aromatic carbocycles. The Morgan fingerprint density at radius 1 is 0.944 bits per heavy atom. The molecule has 102 valence electrons. The molecular weight excluding hydrogens is 281 g/mol. The lowest BCUT2D eigenvalue weighted by atomic mass is 10.3. The predicted octanol–water partition coefficient (Wildman–Crippen LogP) is 4.21. The molecule has 0 aromatic heterocycles. The molecule has 0 saturated carbocycles. The van der Waals surface area contributed by atoms with Crippen LogP contribution in [-0.4, -0.2) is 24.5 Å². The number of benzene rings is 1. The Labute approximate surface area is 122 Å². The van der Waals surface area contributed by atoms with Crippen molar-refractivity contribution >= 4 is 34.2 Å². The van der Waals surface area contributed by atoms with Crippen LogP contribution >= 0.6 is 22.2 Å². The highest BCUT2D eigenvalue weighted by Crippen LogP contribution is 2.21. The van der Waals surface area contributed by atoms with Crippen molar-refractivity contribution in [2.75, 3.05) is 13.1 Å². The molecule has 4 heteroatoms. The fourth-order valence-electron chi connectivity index (χ4n) is 1.91. The van der Waals surface area contributed by atoms with Gasteiger partial charge in [0.1, 0.15) is 0 Å². The van der Waals surface area contributed by atoms with E-state index in [2.05, 4.69) is 30.5 Å². The first-order valence-electron chi connectivity index (χ1n) is 6.81. The summed E-state index contributed by atoms with van der Waals surface area (Å²) in [5, 5.41) is 1.10. The van der Waals surface area contributed by atoms with E-state index in [0.717, 1.165) is 31.1 Å². The van der Waals surface area contributed by atoms with E-state index in [4.69, 9.17) is 22.2 Å². The Morgan fingerprint density at radius 3 is 1.89 bits per heavy atom. The summed E-state index contributed by atoms with van der Waals surface area (Å²) in [4.78, 5) is 0. The topological polar surface area (TPSA) is 3.24 Å². The summed E-state index contributed by atoms with van der Waals surface area (Å²) in [6, 6.07) is 10.1. The Morgan fingerprint density at radius 2 is 1.44 bits per heavy atom. The molecule has 0 amide bonds. The van der Waals surface area contributed by atoms with Crippen LogP contribution < -0.4 is 5.19 Å². The summed E-state index contributed by atoms with van der Waals surface area (Å²) in [6.45, 7) is 3.90. The van der Waals surface area contributed by atoms with Crippen LogP contribution in [0.2, 0.25) is 0 Å². The van der Waals surface area contributed by atoms with Gasteiger partial charge < -0.3 is 0 Å². The van der Waals surface area contributed by atoms with E-state index in [-0.39, 0.29) is 0 Å². The average Bonchev–Trinajstić information content (AvgIpc) is 2.39. The minimum absolute atomic E-state index is 1.00. The average molecular weight is 304 g/mol. The zero-order valence-corrected chi connectivity index (χ0v) is 13.8. The second-order valence-electron chi connectivity index (χ2n) is 4.60. The van der Waals surface area contributed by atoms with Crippen molar-refractivity contribution in [3.8, 4) is 0 Å². The van der Waals surface area contributed by atoms with Crippen LogP contribution in [0.5, 0.6) is 0 Å². The molecule has 0 fully saturated rings. The van der Waals surface area contributed by atoms with E-state index in [0.29, 0.717) is 0 Å². The highest BCUT2D eigenvalue weighted by atomic mass is 35.7. The van der Waals surface area contributed by atoms with Gasteiger partial charge in [-0.3, -0.25) is 4.57 Å². The van der Waals surface area contributed by atoms with Crippen molar-refractivity contribution < 1.29 is 0 Å². The van der Waals surface area contributed by atoms with Gasteiger partial charge in [0.2, 0.25) is 0 Å². The first kappa shape index (κ1) is 16.0. The number of rotatable bonds is 8. The second-order valence-corrected chi connectivity index (χ2v) is 10.8. The van der Waals surface area contributed by atoms with Gasteiger partial charge in [0.15, 0.2) is 0 Å². The molecule has 0 aliphatic heterocycles. The minimum atomic E-state index is -2.51. The van der Waals surface area contributed by atoms with Gasteiger partial charge in [-0.2, -0.15) is 0 Å². The van der Waals surface area contributed by atoms with E-state index in [1.54, 1.807) is 0 Å². The third-order valence-corrected chi connectivity index (χ3v) is 8.09. The SMILES string of the molecule is CCCCN(CCCC)[Si](Cl)(Cl)c1ccccc1.